The highest BCUT2D eigenvalue weighted by Crippen LogP contribution is 2.31. The molecule has 1 aliphatic heterocycles. The lowest BCUT2D eigenvalue weighted by Crippen LogP contribution is -2.48. The molecule has 0 bridgehead atoms. The van der Waals surface area contributed by atoms with Gasteiger partial charge < -0.3 is 9.88 Å². The predicted octanol–water partition coefficient (Wildman–Crippen LogP) is 5.78. The molecule has 0 unspecified atom stereocenters. The molecule has 6 rings (SSSR count). The maximum atomic E-state index is 13.6. The Hall–Kier alpha value is -4.36. The largest absolute Gasteiger partial charge is 0.369 e. The van der Waals surface area contributed by atoms with Crippen LogP contribution in [0.2, 0.25) is 0 Å². The standard InChI is InChI=1S/C31H26F2N4O/c32-24-11-5-21(6-12-24)29(22-7-13-25(33)14-8-22)37-19-17-36(18-20-37)26-15-9-23(10-16-26)30-34-28-4-2-1-3-27(28)31(38)35-30/h1-16,29H,17-20H2,(H,34,35,38). The average Bonchev–Trinajstić information content (AvgIpc) is 2.96. The predicted molar refractivity (Wildman–Crippen MR) is 146 cm³/mol. The van der Waals surface area contributed by atoms with E-state index in [-0.39, 0.29) is 23.2 Å². The van der Waals surface area contributed by atoms with Gasteiger partial charge in [0.1, 0.15) is 17.5 Å². The normalized spacial score (nSPS) is 14.3. The molecule has 0 radical (unpaired) electrons. The van der Waals surface area contributed by atoms with Gasteiger partial charge in [-0.25, -0.2) is 13.8 Å². The van der Waals surface area contributed by atoms with Crippen molar-refractivity contribution in [3.63, 3.8) is 0 Å². The second kappa shape index (κ2) is 10.2. The molecule has 1 N–H and O–H groups in total. The molecular weight excluding hydrogens is 482 g/mol. The van der Waals surface area contributed by atoms with Crippen molar-refractivity contribution in [2.45, 2.75) is 6.04 Å². The fraction of sp³-hybridized carbons (Fsp3) is 0.161. The van der Waals surface area contributed by atoms with Gasteiger partial charge in [0.05, 0.1) is 16.9 Å². The van der Waals surface area contributed by atoms with Gasteiger partial charge in [-0.3, -0.25) is 9.69 Å². The van der Waals surface area contributed by atoms with E-state index in [0.717, 1.165) is 48.6 Å². The van der Waals surface area contributed by atoms with E-state index in [1.54, 1.807) is 30.3 Å². The second-order valence-electron chi connectivity index (χ2n) is 9.51. The fourth-order valence-electron chi connectivity index (χ4n) is 5.20. The molecule has 190 valence electrons. The van der Waals surface area contributed by atoms with Gasteiger partial charge in [0, 0.05) is 37.4 Å². The number of rotatable bonds is 5. The van der Waals surface area contributed by atoms with Gasteiger partial charge in [0.25, 0.3) is 5.56 Å². The minimum absolute atomic E-state index is 0.0865. The first kappa shape index (κ1) is 24.0. The third-order valence-electron chi connectivity index (χ3n) is 7.17. The van der Waals surface area contributed by atoms with Crippen LogP contribution < -0.4 is 10.5 Å². The van der Waals surface area contributed by atoms with E-state index in [0.29, 0.717) is 16.7 Å². The van der Waals surface area contributed by atoms with E-state index in [4.69, 9.17) is 0 Å². The molecule has 0 saturated carbocycles. The topological polar surface area (TPSA) is 52.2 Å². The number of para-hydroxylation sites is 1. The summed E-state index contributed by atoms with van der Waals surface area (Å²) in [6.07, 6.45) is 0. The van der Waals surface area contributed by atoms with E-state index < -0.39 is 0 Å². The lowest BCUT2D eigenvalue weighted by molar-refractivity contribution is 0.212. The highest BCUT2D eigenvalue weighted by Gasteiger charge is 2.27. The lowest BCUT2D eigenvalue weighted by atomic mass is 9.96. The Bertz CT molecular complexity index is 1560. The third kappa shape index (κ3) is 4.80. The molecule has 0 atom stereocenters. The van der Waals surface area contributed by atoms with Crippen LogP contribution in [0.25, 0.3) is 22.3 Å². The van der Waals surface area contributed by atoms with Crippen molar-refractivity contribution < 1.29 is 8.78 Å². The highest BCUT2D eigenvalue weighted by atomic mass is 19.1. The minimum atomic E-state index is -0.275. The number of fused-ring (bicyclic) bond motifs is 1. The lowest BCUT2D eigenvalue weighted by Gasteiger charge is -2.40. The Morgan fingerprint density at radius 1 is 0.711 bits per heavy atom. The summed E-state index contributed by atoms with van der Waals surface area (Å²) in [6, 6.07) is 28.4. The van der Waals surface area contributed by atoms with Crippen molar-refractivity contribution >= 4 is 16.6 Å². The molecule has 1 saturated heterocycles. The molecule has 1 fully saturated rings. The summed E-state index contributed by atoms with van der Waals surface area (Å²) in [7, 11) is 0. The van der Waals surface area contributed by atoms with Crippen molar-refractivity contribution in [3.05, 3.63) is 130 Å². The van der Waals surface area contributed by atoms with Crippen LogP contribution in [-0.2, 0) is 0 Å². The molecule has 0 aliphatic carbocycles. The Morgan fingerprint density at radius 2 is 1.29 bits per heavy atom. The summed E-state index contributed by atoms with van der Waals surface area (Å²) < 4.78 is 27.2. The van der Waals surface area contributed by atoms with Crippen molar-refractivity contribution in [1.29, 1.82) is 0 Å². The second-order valence-corrected chi connectivity index (χ2v) is 9.51. The molecule has 1 aliphatic rings. The number of piperazine rings is 1. The summed E-state index contributed by atoms with van der Waals surface area (Å²) >= 11 is 0. The van der Waals surface area contributed by atoms with Gasteiger partial charge in [-0.1, -0.05) is 36.4 Å². The minimum Gasteiger partial charge on any atom is -0.369 e. The molecule has 38 heavy (non-hydrogen) atoms. The van der Waals surface area contributed by atoms with Gasteiger partial charge >= 0.3 is 0 Å². The Kier molecular flexibility index (Phi) is 6.43. The number of nitrogens with zero attached hydrogens (tertiary/aromatic N) is 3. The summed E-state index contributed by atoms with van der Waals surface area (Å²) in [5, 5.41) is 0.574. The number of aromatic nitrogens is 2. The van der Waals surface area contributed by atoms with Crippen LogP contribution >= 0.6 is 0 Å². The van der Waals surface area contributed by atoms with Crippen LogP contribution in [-0.4, -0.2) is 41.0 Å². The van der Waals surface area contributed by atoms with E-state index in [2.05, 4.69) is 31.9 Å². The van der Waals surface area contributed by atoms with Gasteiger partial charge in [0.15, 0.2) is 0 Å². The van der Waals surface area contributed by atoms with Crippen LogP contribution in [0.15, 0.2) is 102 Å². The van der Waals surface area contributed by atoms with Gasteiger partial charge in [-0.15, -0.1) is 0 Å². The number of hydrogen-bond donors (Lipinski definition) is 1. The first-order valence-electron chi connectivity index (χ1n) is 12.6. The molecule has 0 amide bonds. The van der Waals surface area contributed by atoms with Crippen LogP contribution in [0.5, 0.6) is 0 Å². The fourth-order valence-corrected chi connectivity index (χ4v) is 5.20. The van der Waals surface area contributed by atoms with E-state index in [1.807, 2.05) is 30.3 Å². The summed E-state index contributed by atoms with van der Waals surface area (Å²) in [4.78, 5) is 24.7. The SMILES string of the molecule is O=c1[nH]c(-c2ccc(N3CCN(C(c4ccc(F)cc4)c4ccc(F)cc4)CC3)cc2)nc2ccccc12. The van der Waals surface area contributed by atoms with Crippen molar-refractivity contribution in [1.82, 2.24) is 14.9 Å². The molecule has 5 nitrogen and oxygen atoms in total. The van der Waals surface area contributed by atoms with Crippen molar-refractivity contribution in [3.8, 4) is 11.4 Å². The Labute approximate surface area is 219 Å². The van der Waals surface area contributed by atoms with E-state index in [9.17, 15) is 13.6 Å². The maximum absolute atomic E-state index is 13.6. The summed E-state index contributed by atoms with van der Waals surface area (Å²) in [6.45, 7) is 3.20. The first-order chi connectivity index (χ1) is 18.5. The highest BCUT2D eigenvalue weighted by molar-refractivity contribution is 5.79. The summed E-state index contributed by atoms with van der Waals surface area (Å²) in [5.74, 6) is -0.00261. The molecule has 0 spiro atoms. The van der Waals surface area contributed by atoms with Crippen molar-refractivity contribution in [2.75, 3.05) is 31.1 Å². The van der Waals surface area contributed by atoms with Crippen LogP contribution in [0.3, 0.4) is 0 Å². The van der Waals surface area contributed by atoms with Gasteiger partial charge in [-0.05, 0) is 71.8 Å². The third-order valence-corrected chi connectivity index (χ3v) is 7.17. The average molecular weight is 509 g/mol. The van der Waals surface area contributed by atoms with Crippen LogP contribution in [0, 0.1) is 11.6 Å². The number of H-pyrrole nitrogens is 1. The number of anilines is 1. The van der Waals surface area contributed by atoms with Crippen molar-refractivity contribution in [2.24, 2.45) is 0 Å². The zero-order chi connectivity index (χ0) is 26.1. The molecule has 1 aromatic heterocycles. The number of halogens is 2. The number of nitrogens with one attached hydrogen (secondary N) is 1. The number of aromatic amines is 1. The quantitative estimate of drug-likeness (QED) is 0.327. The maximum Gasteiger partial charge on any atom is 0.259 e. The van der Waals surface area contributed by atoms with Crippen LogP contribution in [0.1, 0.15) is 17.2 Å². The number of benzene rings is 4. The monoisotopic (exact) mass is 508 g/mol. The van der Waals surface area contributed by atoms with Gasteiger partial charge in [0.2, 0.25) is 0 Å². The Morgan fingerprint density at radius 3 is 1.89 bits per heavy atom. The Balaban J connectivity index is 1.19. The number of hydrogen-bond acceptors (Lipinski definition) is 4. The smallest absolute Gasteiger partial charge is 0.259 e. The van der Waals surface area contributed by atoms with Gasteiger partial charge in [-0.2, -0.15) is 0 Å². The molecule has 5 aromatic rings. The zero-order valence-electron chi connectivity index (χ0n) is 20.6. The van der Waals surface area contributed by atoms with E-state index >= 15 is 0 Å². The molecule has 2 heterocycles. The molecular formula is C31H26F2N4O. The zero-order valence-corrected chi connectivity index (χ0v) is 20.6. The van der Waals surface area contributed by atoms with Crippen LogP contribution in [0.4, 0.5) is 14.5 Å². The summed E-state index contributed by atoms with van der Waals surface area (Å²) in [5.41, 5.74) is 4.42. The molecule has 7 heteroatoms. The molecule has 4 aromatic carbocycles. The first-order valence-corrected chi connectivity index (χ1v) is 12.6. The van der Waals surface area contributed by atoms with E-state index in [1.165, 1.54) is 24.3 Å².